The standard InChI is InChI=1S/C31H62N2O6S2/c1-15-29(9,10)39-23-17-28(7,8)33-25(35)37-21-19-31(13,14)41-40-30(11,12)18-20-36-24(34)32-27(5,6)16-22-38-26(2,3)4/h15-23H2,1-14H3,(H,32,34)(H,33,35). The Morgan fingerprint density at radius 1 is 0.561 bits per heavy atom. The molecule has 0 saturated carbocycles. The lowest BCUT2D eigenvalue weighted by Crippen LogP contribution is -2.45. The zero-order chi connectivity index (χ0) is 32.2. The summed E-state index contributed by atoms with van der Waals surface area (Å²) in [7, 11) is 3.53. The van der Waals surface area contributed by atoms with E-state index < -0.39 is 23.3 Å². The van der Waals surface area contributed by atoms with Gasteiger partial charge in [-0.3, -0.25) is 0 Å². The summed E-state index contributed by atoms with van der Waals surface area (Å²) >= 11 is 0. The number of rotatable bonds is 19. The lowest BCUT2D eigenvalue weighted by molar-refractivity contribution is -0.0274. The predicted molar refractivity (Wildman–Crippen MR) is 175 cm³/mol. The molecule has 0 spiro atoms. The van der Waals surface area contributed by atoms with Crippen LogP contribution in [0.3, 0.4) is 0 Å². The molecule has 0 unspecified atom stereocenters. The highest BCUT2D eigenvalue weighted by atomic mass is 33.1. The van der Waals surface area contributed by atoms with Crippen LogP contribution in [-0.2, 0) is 18.9 Å². The van der Waals surface area contributed by atoms with E-state index in [0.717, 1.165) is 19.3 Å². The third kappa shape index (κ3) is 22.4. The van der Waals surface area contributed by atoms with Crippen LogP contribution in [0.15, 0.2) is 0 Å². The van der Waals surface area contributed by atoms with E-state index in [1.165, 1.54) is 0 Å². The van der Waals surface area contributed by atoms with E-state index >= 15 is 0 Å². The maximum absolute atomic E-state index is 12.4. The molecule has 0 fully saturated rings. The van der Waals surface area contributed by atoms with Crippen LogP contribution in [0, 0.1) is 0 Å². The van der Waals surface area contributed by atoms with Crippen molar-refractivity contribution >= 4 is 33.8 Å². The van der Waals surface area contributed by atoms with E-state index in [1.54, 1.807) is 21.6 Å². The molecule has 0 aromatic heterocycles. The van der Waals surface area contributed by atoms with Crippen molar-refractivity contribution in [3.8, 4) is 0 Å². The van der Waals surface area contributed by atoms with Crippen molar-refractivity contribution in [1.82, 2.24) is 10.6 Å². The van der Waals surface area contributed by atoms with E-state index in [2.05, 4.69) is 59.1 Å². The molecule has 244 valence electrons. The number of alkyl carbamates (subject to hydrolysis) is 2. The monoisotopic (exact) mass is 622 g/mol. The van der Waals surface area contributed by atoms with Crippen LogP contribution in [0.5, 0.6) is 0 Å². The SMILES string of the molecule is CCC(C)(C)OCCC(C)(C)NC(=O)OCCC(C)(C)SSC(C)(C)CCOC(=O)NC(C)(C)CCOC(C)(C)C. The highest BCUT2D eigenvalue weighted by Gasteiger charge is 2.28. The Morgan fingerprint density at radius 2 is 0.927 bits per heavy atom. The number of carbonyl (C=O) groups excluding carboxylic acids is 2. The average Bonchev–Trinajstić information content (AvgIpc) is 2.75. The molecule has 0 bridgehead atoms. The van der Waals surface area contributed by atoms with Gasteiger partial charge < -0.3 is 29.6 Å². The first-order chi connectivity index (χ1) is 18.4. The lowest BCUT2D eigenvalue weighted by Gasteiger charge is -2.31. The van der Waals surface area contributed by atoms with Crippen molar-refractivity contribution in [2.24, 2.45) is 0 Å². The Bertz CT molecular complexity index is 792. The van der Waals surface area contributed by atoms with Crippen LogP contribution in [0.4, 0.5) is 9.59 Å². The van der Waals surface area contributed by atoms with Gasteiger partial charge in [-0.25, -0.2) is 9.59 Å². The lowest BCUT2D eigenvalue weighted by atomic mass is 10.0. The molecule has 10 heteroatoms. The number of hydrogen-bond donors (Lipinski definition) is 2. The first-order valence-electron chi connectivity index (χ1n) is 14.9. The molecule has 2 N–H and O–H groups in total. The third-order valence-electron chi connectivity index (χ3n) is 6.58. The largest absolute Gasteiger partial charge is 0.449 e. The second-order valence-electron chi connectivity index (χ2n) is 14.9. The Kier molecular flexibility index (Phi) is 16.5. The molecule has 0 heterocycles. The topological polar surface area (TPSA) is 95.1 Å². The van der Waals surface area contributed by atoms with E-state index in [4.69, 9.17) is 18.9 Å². The van der Waals surface area contributed by atoms with Crippen LogP contribution < -0.4 is 10.6 Å². The fourth-order valence-electron chi connectivity index (χ4n) is 3.13. The maximum Gasteiger partial charge on any atom is 0.407 e. The summed E-state index contributed by atoms with van der Waals surface area (Å²) in [6.07, 6.45) is 2.96. The van der Waals surface area contributed by atoms with Crippen LogP contribution in [0.25, 0.3) is 0 Å². The van der Waals surface area contributed by atoms with E-state index in [1.807, 2.05) is 48.5 Å². The molecule has 0 aliphatic rings. The summed E-state index contributed by atoms with van der Waals surface area (Å²) < 4.78 is 22.5. The average molecular weight is 623 g/mol. The fourth-order valence-corrected chi connectivity index (χ4v) is 5.77. The summed E-state index contributed by atoms with van der Waals surface area (Å²) in [5, 5.41) is 5.90. The normalized spacial score (nSPS) is 13.6. The van der Waals surface area contributed by atoms with Gasteiger partial charge in [0.25, 0.3) is 0 Å². The van der Waals surface area contributed by atoms with Gasteiger partial charge in [0, 0.05) is 33.8 Å². The van der Waals surface area contributed by atoms with Crippen LogP contribution in [0.2, 0.25) is 0 Å². The van der Waals surface area contributed by atoms with Crippen LogP contribution in [0.1, 0.15) is 129 Å². The van der Waals surface area contributed by atoms with Crippen molar-refractivity contribution in [2.75, 3.05) is 26.4 Å². The molecular formula is C31H62N2O6S2. The number of nitrogens with one attached hydrogen (secondary N) is 2. The smallest absolute Gasteiger partial charge is 0.407 e. The Labute approximate surface area is 259 Å². The van der Waals surface area contributed by atoms with Gasteiger partial charge >= 0.3 is 12.2 Å². The number of hydrogen-bond acceptors (Lipinski definition) is 8. The molecule has 0 atom stereocenters. The third-order valence-corrected chi connectivity index (χ3v) is 10.9. The predicted octanol–water partition coefficient (Wildman–Crippen LogP) is 8.52. The van der Waals surface area contributed by atoms with Crippen molar-refractivity contribution in [3.05, 3.63) is 0 Å². The second-order valence-corrected chi connectivity index (χ2v) is 18.4. The van der Waals surface area contributed by atoms with E-state index in [0.29, 0.717) is 39.3 Å². The summed E-state index contributed by atoms with van der Waals surface area (Å²) in [5.41, 5.74) is -1.19. The highest BCUT2D eigenvalue weighted by Crippen LogP contribution is 2.46. The summed E-state index contributed by atoms with van der Waals surface area (Å²) in [5.74, 6) is 0. The van der Waals surface area contributed by atoms with Crippen LogP contribution in [-0.4, -0.2) is 70.4 Å². The molecule has 0 aromatic carbocycles. The van der Waals surface area contributed by atoms with E-state index in [9.17, 15) is 9.59 Å². The minimum Gasteiger partial charge on any atom is -0.449 e. The summed E-state index contributed by atoms with van der Waals surface area (Å²) in [6, 6.07) is 0. The zero-order valence-corrected chi connectivity index (χ0v) is 30.3. The number of ether oxygens (including phenoxy) is 4. The van der Waals surface area contributed by atoms with Crippen molar-refractivity contribution in [3.63, 3.8) is 0 Å². The fraction of sp³-hybridized carbons (Fsp3) is 0.935. The molecule has 0 radical (unpaired) electrons. The Morgan fingerprint density at radius 3 is 1.27 bits per heavy atom. The molecule has 0 aliphatic heterocycles. The van der Waals surface area contributed by atoms with E-state index in [-0.39, 0.29) is 20.7 Å². The molecule has 0 rings (SSSR count). The molecule has 0 aromatic rings. The van der Waals surface area contributed by atoms with Gasteiger partial charge in [-0.15, -0.1) is 0 Å². The minimum absolute atomic E-state index is 0.102. The minimum atomic E-state index is -0.416. The quantitative estimate of drug-likeness (QED) is 0.138. The Balaban J connectivity index is 4.36. The number of amides is 2. The number of carbonyl (C=O) groups is 2. The summed E-state index contributed by atoms with van der Waals surface area (Å²) in [4.78, 5) is 24.7. The van der Waals surface area contributed by atoms with Gasteiger partial charge in [-0.1, -0.05) is 28.5 Å². The molecular weight excluding hydrogens is 560 g/mol. The maximum atomic E-state index is 12.4. The van der Waals surface area contributed by atoms with Crippen LogP contribution >= 0.6 is 21.6 Å². The molecule has 0 saturated heterocycles. The van der Waals surface area contributed by atoms with Gasteiger partial charge in [0.15, 0.2) is 0 Å². The van der Waals surface area contributed by atoms with Gasteiger partial charge in [0.1, 0.15) is 0 Å². The first kappa shape index (κ1) is 40.2. The van der Waals surface area contributed by atoms with Gasteiger partial charge in [-0.05, 0) is 122 Å². The van der Waals surface area contributed by atoms with Crippen molar-refractivity contribution in [1.29, 1.82) is 0 Å². The molecule has 41 heavy (non-hydrogen) atoms. The first-order valence-corrected chi connectivity index (χ1v) is 17.1. The second kappa shape index (κ2) is 16.9. The summed E-state index contributed by atoms with van der Waals surface area (Å²) in [6.45, 7) is 30.6. The van der Waals surface area contributed by atoms with Gasteiger partial charge in [-0.2, -0.15) is 0 Å². The molecule has 0 aliphatic carbocycles. The van der Waals surface area contributed by atoms with Gasteiger partial charge in [0.05, 0.1) is 24.4 Å². The van der Waals surface area contributed by atoms with Gasteiger partial charge in [0.2, 0.25) is 0 Å². The van der Waals surface area contributed by atoms with Crippen molar-refractivity contribution < 1.29 is 28.5 Å². The Hall–Kier alpha value is -0.840. The highest BCUT2D eigenvalue weighted by molar-refractivity contribution is 8.77. The molecule has 2 amide bonds. The van der Waals surface area contributed by atoms with Crippen molar-refractivity contribution in [2.45, 2.75) is 161 Å². The zero-order valence-electron chi connectivity index (χ0n) is 28.6. The molecule has 8 nitrogen and oxygen atoms in total.